The van der Waals surface area contributed by atoms with Crippen molar-refractivity contribution in [1.82, 2.24) is 4.90 Å². The highest BCUT2D eigenvalue weighted by atomic mass is 32.2. The normalized spacial score (nSPS) is 18.6. The molecule has 0 spiro atoms. The molecular formula is C15H17NO4S. The van der Waals surface area contributed by atoms with Crippen LogP contribution in [-0.2, 0) is 25.1 Å². The molecule has 1 aromatic carbocycles. The van der Waals surface area contributed by atoms with Crippen LogP contribution in [0.5, 0.6) is 0 Å². The van der Waals surface area contributed by atoms with Gasteiger partial charge in [0.1, 0.15) is 4.91 Å². The Balaban J connectivity index is 2.63. The fourth-order valence-corrected chi connectivity index (χ4v) is 3.44. The molecule has 1 atom stereocenters. The summed E-state index contributed by atoms with van der Waals surface area (Å²) in [6.45, 7) is 3.64. The number of carbonyl (C=O) groups is 2. The average molecular weight is 307 g/mol. The highest BCUT2D eigenvalue weighted by Crippen LogP contribution is 2.29. The lowest BCUT2D eigenvalue weighted by Gasteiger charge is -2.30. The van der Waals surface area contributed by atoms with E-state index >= 15 is 0 Å². The number of esters is 1. The number of amides is 1. The minimum Gasteiger partial charge on any atom is -0.462 e. The molecule has 1 aliphatic heterocycles. The summed E-state index contributed by atoms with van der Waals surface area (Å²) >= 11 is 0. The fourth-order valence-electron chi connectivity index (χ4n) is 2.20. The lowest BCUT2D eigenvalue weighted by molar-refractivity contribution is -0.137. The van der Waals surface area contributed by atoms with Gasteiger partial charge in [-0.25, -0.2) is 4.79 Å². The van der Waals surface area contributed by atoms with Crippen LogP contribution >= 0.6 is 0 Å². The maximum atomic E-state index is 12.3. The molecule has 1 heterocycles. The van der Waals surface area contributed by atoms with Crippen molar-refractivity contribution in [2.75, 3.05) is 18.9 Å². The molecule has 0 saturated heterocycles. The van der Waals surface area contributed by atoms with Crippen LogP contribution in [0.25, 0.3) is 5.70 Å². The van der Waals surface area contributed by atoms with Gasteiger partial charge in [0.25, 0.3) is 0 Å². The Morgan fingerprint density at radius 2 is 1.95 bits per heavy atom. The standard InChI is InChI=1S/C15H17NO4S/c1-3-20-15(18)14-13(12-7-5-4-6-8-12)16(11(2)17)9-10-21(14)19/h4-8H,3,9-10H2,1-2H3. The molecule has 1 aromatic rings. The lowest BCUT2D eigenvalue weighted by Crippen LogP contribution is -2.38. The Bertz CT molecular complexity index is 609. The highest BCUT2D eigenvalue weighted by Gasteiger charge is 2.33. The largest absolute Gasteiger partial charge is 0.462 e. The zero-order valence-electron chi connectivity index (χ0n) is 12.0. The molecule has 2 rings (SSSR count). The monoisotopic (exact) mass is 307 g/mol. The van der Waals surface area contributed by atoms with Gasteiger partial charge in [0, 0.05) is 19.2 Å². The zero-order chi connectivity index (χ0) is 15.4. The second-order valence-electron chi connectivity index (χ2n) is 4.48. The van der Waals surface area contributed by atoms with Gasteiger partial charge in [-0.05, 0) is 12.5 Å². The van der Waals surface area contributed by atoms with Crippen molar-refractivity contribution >= 4 is 28.4 Å². The second-order valence-corrected chi connectivity index (χ2v) is 5.99. The number of nitrogens with zero attached hydrogens (tertiary/aromatic N) is 1. The van der Waals surface area contributed by atoms with E-state index in [1.54, 1.807) is 31.2 Å². The first-order valence-electron chi connectivity index (χ1n) is 6.69. The number of hydrogen-bond acceptors (Lipinski definition) is 4. The summed E-state index contributed by atoms with van der Waals surface area (Å²) < 4.78 is 17.3. The Labute approximate surface area is 126 Å². The van der Waals surface area contributed by atoms with E-state index in [1.165, 1.54) is 11.8 Å². The third-order valence-electron chi connectivity index (χ3n) is 3.10. The van der Waals surface area contributed by atoms with Crippen LogP contribution in [0.1, 0.15) is 19.4 Å². The number of rotatable bonds is 3. The first-order valence-corrected chi connectivity index (χ1v) is 8.01. The highest BCUT2D eigenvalue weighted by molar-refractivity contribution is 7.90. The first kappa shape index (κ1) is 15.4. The van der Waals surface area contributed by atoms with Gasteiger partial charge in [-0.1, -0.05) is 30.3 Å². The Kier molecular flexibility index (Phi) is 4.90. The Morgan fingerprint density at radius 3 is 2.52 bits per heavy atom. The first-order chi connectivity index (χ1) is 10.1. The number of hydrogen-bond donors (Lipinski definition) is 0. The van der Waals surface area contributed by atoms with Gasteiger partial charge in [-0.3, -0.25) is 9.00 Å². The molecule has 0 bridgehead atoms. The topological polar surface area (TPSA) is 63.7 Å². The summed E-state index contributed by atoms with van der Waals surface area (Å²) in [5.74, 6) is -0.572. The van der Waals surface area contributed by atoms with Gasteiger partial charge in [0.15, 0.2) is 0 Å². The van der Waals surface area contributed by atoms with Crippen molar-refractivity contribution in [1.29, 1.82) is 0 Å². The van der Waals surface area contributed by atoms with Crippen molar-refractivity contribution < 1.29 is 18.5 Å². The fraction of sp³-hybridized carbons (Fsp3) is 0.333. The molecule has 1 amide bonds. The molecule has 0 radical (unpaired) electrons. The molecule has 0 saturated carbocycles. The quantitative estimate of drug-likeness (QED) is 0.795. The third kappa shape index (κ3) is 3.21. The van der Waals surface area contributed by atoms with Crippen LogP contribution in [0.2, 0.25) is 0 Å². The lowest BCUT2D eigenvalue weighted by atomic mass is 10.1. The smallest absolute Gasteiger partial charge is 0.349 e. The number of carbonyl (C=O) groups excluding carboxylic acids is 2. The minimum absolute atomic E-state index is 0.0736. The van der Waals surface area contributed by atoms with Gasteiger partial charge in [0.2, 0.25) is 5.91 Å². The molecule has 1 aliphatic rings. The second kappa shape index (κ2) is 6.67. The van der Waals surface area contributed by atoms with Crippen molar-refractivity contribution in [3.63, 3.8) is 0 Å². The van der Waals surface area contributed by atoms with Gasteiger partial charge < -0.3 is 9.64 Å². The third-order valence-corrected chi connectivity index (χ3v) is 4.47. The van der Waals surface area contributed by atoms with Crippen LogP contribution in [0.3, 0.4) is 0 Å². The van der Waals surface area contributed by atoms with E-state index < -0.39 is 16.8 Å². The predicted molar refractivity (Wildman–Crippen MR) is 80.4 cm³/mol. The molecule has 6 heteroatoms. The molecule has 112 valence electrons. The van der Waals surface area contributed by atoms with E-state index in [0.717, 1.165) is 0 Å². The molecule has 0 N–H and O–H groups in total. The van der Waals surface area contributed by atoms with Gasteiger partial charge in [-0.2, -0.15) is 0 Å². The molecule has 0 aliphatic carbocycles. The molecule has 0 fully saturated rings. The molecule has 21 heavy (non-hydrogen) atoms. The molecule has 0 aromatic heterocycles. The van der Waals surface area contributed by atoms with Crippen LogP contribution in [0, 0.1) is 0 Å². The van der Waals surface area contributed by atoms with Gasteiger partial charge >= 0.3 is 5.97 Å². The maximum Gasteiger partial charge on any atom is 0.349 e. The van der Waals surface area contributed by atoms with E-state index in [4.69, 9.17) is 4.74 Å². The minimum atomic E-state index is -1.47. The van der Waals surface area contributed by atoms with E-state index in [2.05, 4.69) is 0 Å². The van der Waals surface area contributed by atoms with E-state index in [9.17, 15) is 13.8 Å². The van der Waals surface area contributed by atoms with Crippen LogP contribution in [0.4, 0.5) is 0 Å². The van der Waals surface area contributed by atoms with Crippen molar-refractivity contribution in [2.24, 2.45) is 0 Å². The van der Waals surface area contributed by atoms with Crippen molar-refractivity contribution in [2.45, 2.75) is 13.8 Å². The average Bonchev–Trinajstić information content (AvgIpc) is 2.47. The zero-order valence-corrected chi connectivity index (χ0v) is 12.8. The summed E-state index contributed by atoms with van der Waals surface area (Å²) in [5, 5.41) is 0. The van der Waals surface area contributed by atoms with Gasteiger partial charge in [0.05, 0.1) is 23.1 Å². The van der Waals surface area contributed by atoms with Crippen molar-refractivity contribution in [3.05, 3.63) is 40.8 Å². The van der Waals surface area contributed by atoms with Crippen LogP contribution in [-0.4, -0.2) is 39.9 Å². The van der Waals surface area contributed by atoms with Crippen LogP contribution in [0.15, 0.2) is 35.2 Å². The summed E-state index contributed by atoms with van der Waals surface area (Å²) in [7, 11) is -1.47. The summed E-state index contributed by atoms with van der Waals surface area (Å²) in [6.07, 6.45) is 0. The predicted octanol–water partition coefficient (Wildman–Crippen LogP) is 1.53. The SMILES string of the molecule is CCOC(=O)C1=C(c2ccccc2)N(C(C)=O)CCS1=O. The molecule has 5 nitrogen and oxygen atoms in total. The summed E-state index contributed by atoms with van der Waals surface area (Å²) in [5.41, 5.74) is 1.08. The summed E-state index contributed by atoms with van der Waals surface area (Å²) in [4.78, 5) is 25.6. The molecule has 1 unspecified atom stereocenters. The van der Waals surface area contributed by atoms with Gasteiger partial charge in [-0.15, -0.1) is 0 Å². The van der Waals surface area contributed by atoms with E-state index in [0.29, 0.717) is 17.8 Å². The van der Waals surface area contributed by atoms with E-state index in [-0.39, 0.29) is 23.2 Å². The van der Waals surface area contributed by atoms with Crippen LogP contribution < -0.4 is 0 Å². The number of benzene rings is 1. The Hall–Kier alpha value is -1.95. The summed E-state index contributed by atoms with van der Waals surface area (Å²) in [6, 6.07) is 9.02. The molecular weight excluding hydrogens is 290 g/mol. The number of ether oxygens (including phenoxy) is 1. The van der Waals surface area contributed by atoms with Crippen molar-refractivity contribution in [3.8, 4) is 0 Å². The Morgan fingerprint density at radius 1 is 1.29 bits per heavy atom. The maximum absolute atomic E-state index is 12.3. The van der Waals surface area contributed by atoms with E-state index in [1.807, 2.05) is 6.07 Å².